The van der Waals surface area contributed by atoms with Crippen molar-refractivity contribution in [2.45, 2.75) is 39.2 Å². The first-order valence-corrected chi connectivity index (χ1v) is 7.38. The second-order valence-corrected chi connectivity index (χ2v) is 5.36. The first-order chi connectivity index (χ1) is 10.0. The molecule has 0 bridgehead atoms. The molecule has 1 N–H and O–H groups in total. The van der Waals surface area contributed by atoms with Crippen molar-refractivity contribution in [3.05, 3.63) is 33.9 Å². The molecule has 2 rings (SSSR count). The summed E-state index contributed by atoms with van der Waals surface area (Å²) in [7, 11) is 0. The Morgan fingerprint density at radius 1 is 1.48 bits per heavy atom. The van der Waals surface area contributed by atoms with E-state index in [0.29, 0.717) is 24.3 Å². The maximum atomic E-state index is 12.7. The maximum Gasteiger partial charge on any atom is 0.270 e. The third kappa shape index (κ3) is 3.32. The van der Waals surface area contributed by atoms with Crippen LogP contribution in [0.1, 0.15) is 43.5 Å². The van der Waals surface area contributed by atoms with Crippen LogP contribution in [0.15, 0.2) is 18.2 Å². The molecule has 21 heavy (non-hydrogen) atoms. The van der Waals surface area contributed by atoms with E-state index in [1.165, 1.54) is 12.1 Å². The number of benzene rings is 1. The van der Waals surface area contributed by atoms with Crippen LogP contribution >= 0.6 is 0 Å². The zero-order valence-corrected chi connectivity index (χ0v) is 12.5. The zero-order chi connectivity index (χ0) is 15.4. The summed E-state index contributed by atoms with van der Waals surface area (Å²) >= 11 is 0. The van der Waals surface area contributed by atoms with Crippen LogP contribution in [0, 0.1) is 10.1 Å². The molecule has 1 aromatic rings. The van der Waals surface area contributed by atoms with Gasteiger partial charge in [-0.3, -0.25) is 14.9 Å². The van der Waals surface area contributed by atoms with Gasteiger partial charge in [-0.2, -0.15) is 0 Å². The molecule has 1 atom stereocenters. The summed E-state index contributed by atoms with van der Waals surface area (Å²) < 4.78 is 0. The summed E-state index contributed by atoms with van der Waals surface area (Å²) in [6, 6.07) is 4.60. The van der Waals surface area contributed by atoms with Crippen molar-refractivity contribution in [2.75, 3.05) is 18.4 Å². The van der Waals surface area contributed by atoms with Gasteiger partial charge >= 0.3 is 0 Å². The maximum absolute atomic E-state index is 12.7. The van der Waals surface area contributed by atoms with Gasteiger partial charge in [0.2, 0.25) is 0 Å². The molecule has 6 heteroatoms. The second kappa shape index (κ2) is 6.56. The lowest BCUT2D eigenvalue weighted by atomic mass is 10.0. The Hall–Kier alpha value is -2.11. The predicted octanol–water partition coefficient (Wildman–Crippen LogP) is 3.04. The third-order valence-corrected chi connectivity index (χ3v) is 3.88. The van der Waals surface area contributed by atoms with Crippen molar-refractivity contribution in [1.29, 1.82) is 0 Å². The SMILES string of the molecule is CCNc1ccc([N+](=O)[O-])cc1C(=O)N1CCCCC1C. The molecule has 6 nitrogen and oxygen atoms in total. The van der Waals surface area contributed by atoms with Crippen LogP contribution in [0.25, 0.3) is 0 Å². The molecule has 0 radical (unpaired) electrons. The minimum absolute atomic E-state index is 0.0512. The van der Waals surface area contributed by atoms with E-state index in [9.17, 15) is 14.9 Å². The summed E-state index contributed by atoms with van der Waals surface area (Å²) in [5, 5.41) is 14.1. The van der Waals surface area contributed by atoms with Crippen LogP contribution in [0.4, 0.5) is 11.4 Å². The summed E-state index contributed by atoms with van der Waals surface area (Å²) in [4.78, 5) is 25.0. The van der Waals surface area contributed by atoms with E-state index < -0.39 is 4.92 Å². The molecule has 1 fully saturated rings. The molecule has 114 valence electrons. The van der Waals surface area contributed by atoms with Gasteiger partial charge in [-0.15, -0.1) is 0 Å². The highest BCUT2D eigenvalue weighted by Gasteiger charge is 2.27. The zero-order valence-electron chi connectivity index (χ0n) is 12.5. The number of amides is 1. The van der Waals surface area contributed by atoms with Crippen molar-refractivity contribution < 1.29 is 9.72 Å². The van der Waals surface area contributed by atoms with Gasteiger partial charge in [-0.1, -0.05) is 0 Å². The van der Waals surface area contributed by atoms with Gasteiger partial charge in [0.25, 0.3) is 11.6 Å². The summed E-state index contributed by atoms with van der Waals surface area (Å²) in [6.07, 6.45) is 3.10. The summed E-state index contributed by atoms with van der Waals surface area (Å²) in [6.45, 7) is 5.34. The number of carbonyl (C=O) groups excluding carboxylic acids is 1. The molecule has 1 aromatic carbocycles. The van der Waals surface area contributed by atoms with Gasteiger partial charge in [0, 0.05) is 37.0 Å². The van der Waals surface area contributed by atoms with Crippen molar-refractivity contribution in [2.24, 2.45) is 0 Å². The Morgan fingerprint density at radius 2 is 2.24 bits per heavy atom. The minimum atomic E-state index is -0.466. The van der Waals surface area contributed by atoms with Crippen molar-refractivity contribution in [3.63, 3.8) is 0 Å². The quantitative estimate of drug-likeness (QED) is 0.683. The molecule has 0 spiro atoms. The number of nitro groups is 1. The average Bonchev–Trinajstić information content (AvgIpc) is 2.47. The van der Waals surface area contributed by atoms with E-state index in [1.807, 2.05) is 18.7 Å². The smallest absolute Gasteiger partial charge is 0.270 e. The van der Waals surface area contributed by atoms with E-state index in [4.69, 9.17) is 0 Å². The van der Waals surface area contributed by atoms with Gasteiger partial charge < -0.3 is 10.2 Å². The highest BCUT2D eigenvalue weighted by molar-refractivity contribution is 6.00. The molecule has 0 aromatic heterocycles. The van der Waals surface area contributed by atoms with Crippen LogP contribution in [0.5, 0.6) is 0 Å². The lowest BCUT2D eigenvalue weighted by molar-refractivity contribution is -0.384. The largest absolute Gasteiger partial charge is 0.385 e. The molecule has 0 aliphatic carbocycles. The Balaban J connectivity index is 2.36. The van der Waals surface area contributed by atoms with E-state index in [1.54, 1.807) is 6.07 Å². The molecule has 1 heterocycles. The van der Waals surface area contributed by atoms with Gasteiger partial charge in [0.15, 0.2) is 0 Å². The Morgan fingerprint density at radius 3 is 2.86 bits per heavy atom. The first-order valence-electron chi connectivity index (χ1n) is 7.38. The van der Waals surface area contributed by atoms with Gasteiger partial charge in [-0.25, -0.2) is 0 Å². The minimum Gasteiger partial charge on any atom is -0.385 e. The van der Waals surface area contributed by atoms with Crippen LogP contribution in [-0.4, -0.2) is 34.9 Å². The summed E-state index contributed by atoms with van der Waals surface area (Å²) in [5.41, 5.74) is 0.996. The second-order valence-electron chi connectivity index (χ2n) is 5.36. The monoisotopic (exact) mass is 291 g/mol. The Kier molecular flexibility index (Phi) is 4.77. The number of piperidine rings is 1. The van der Waals surface area contributed by atoms with Gasteiger partial charge in [0.1, 0.15) is 0 Å². The number of nitrogens with zero attached hydrogens (tertiary/aromatic N) is 2. The van der Waals surface area contributed by atoms with E-state index in [-0.39, 0.29) is 17.6 Å². The fourth-order valence-electron chi connectivity index (χ4n) is 2.72. The predicted molar refractivity (Wildman–Crippen MR) is 81.6 cm³/mol. The topological polar surface area (TPSA) is 75.5 Å². The van der Waals surface area contributed by atoms with Crippen molar-refractivity contribution in [3.8, 4) is 0 Å². The van der Waals surface area contributed by atoms with Crippen LogP contribution in [0.2, 0.25) is 0 Å². The number of rotatable bonds is 4. The molecule has 1 amide bonds. The number of anilines is 1. The molecule has 0 saturated carbocycles. The molecule has 1 aliphatic rings. The molecule has 1 aliphatic heterocycles. The number of carbonyl (C=O) groups is 1. The number of non-ortho nitro benzene ring substituents is 1. The lowest BCUT2D eigenvalue weighted by Gasteiger charge is -2.33. The molecule has 1 unspecified atom stereocenters. The fourth-order valence-corrected chi connectivity index (χ4v) is 2.72. The highest BCUT2D eigenvalue weighted by atomic mass is 16.6. The van der Waals surface area contributed by atoms with E-state index >= 15 is 0 Å². The van der Waals surface area contributed by atoms with Crippen LogP contribution < -0.4 is 5.32 Å². The van der Waals surface area contributed by atoms with Crippen molar-refractivity contribution in [1.82, 2.24) is 4.90 Å². The third-order valence-electron chi connectivity index (χ3n) is 3.88. The van der Waals surface area contributed by atoms with Crippen LogP contribution in [0.3, 0.4) is 0 Å². The molecular formula is C15H21N3O3. The molecular weight excluding hydrogens is 270 g/mol. The standard InChI is InChI=1S/C15H21N3O3/c1-3-16-14-8-7-12(18(20)21)10-13(14)15(19)17-9-5-4-6-11(17)2/h7-8,10-11,16H,3-6,9H2,1-2H3. The fraction of sp³-hybridized carbons (Fsp3) is 0.533. The number of likely N-dealkylation sites (tertiary alicyclic amines) is 1. The van der Waals surface area contributed by atoms with Gasteiger partial charge in [0.05, 0.1) is 10.5 Å². The number of hydrogen-bond donors (Lipinski definition) is 1. The highest BCUT2D eigenvalue weighted by Crippen LogP contribution is 2.26. The molecule has 1 saturated heterocycles. The number of hydrogen-bond acceptors (Lipinski definition) is 4. The summed E-state index contributed by atoms with van der Waals surface area (Å²) in [5.74, 6) is -0.123. The van der Waals surface area contributed by atoms with Gasteiger partial charge in [-0.05, 0) is 39.2 Å². The van der Waals surface area contributed by atoms with E-state index in [2.05, 4.69) is 5.32 Å². The Bertz CT molecular complexity index is 545. The van der Waals surface area contributed by atoms with Crippen molar-refractivity contribution >= 4 is 17.3 Å². The van der Waals surface area contributed by atoms with E-state index in [0.717, 1.165) is 19.3 Å². The first kappa shape index (κ1) is 15.3. The normalized spacial score (nSPS) is 18.4. The lowest BCUT2D eigenvalue weighted by Crippen LogP contribution is -2.42. The Labute approximate surface area is 124 Å². The number of nitro benzene ring substituents is 1. The number of nitrogens with one attached hydrogen (secondary N) is 1. The average molecular weight is 291 g/mol. The van der Waals surface area contributed by atoms with Crippen LogP contribution in [-0.2, 0) is 0 Å².